The van der Waals surface area contributed by atoms with Gasteiger partial charge >= 0.3 is 0 Å². The molecular formula is C16H26N2. The van der Waals surface area contributed by atoms with Gasteiger partial charge in [-0.25, -0.2) is 0 Å². The number of benzene rings is 1. The number of likely N-dealkylation sites (tertiary alicyclic amines) is 1. The number of nitrogens with one attached hydrogen (secondary N) is 1. The van der Waals surface area contributed by atoms with E-state index in [9.17, 15) is 0 Å². The minimum atomic E-state index is 0.532. The summed E-state index contributed by atoms with van der Waals surface area (Å²) in [4.78, 5) is 2.43. The van der Waals surface area contributed by atoms with Crippen LogP contribution in [0.25, 0.3) is 0 Å². The van der Waals surface area contributed by atoms with Crippen molar-refractivity contribution in [3.63, 3.8) is 0 Å². The predicted octanol–water partition coefficient (Wildman–Crippen LogP) is 3.21. The van der Waals surface area contributed by atoms with Crippen molar-refractivity contribution in [2.45, 2.75) is 44.7 Å². The van der Waals surface area contributed by atoms with Gasteiger partial charge < -0.3 is 10.2 Å². The van der Waals surface area contributed by atoms with Gasteiger partial charge in [0, 0.05) is 12.1 Å². The van der Waals surface area contributed by atoms with Gasteiger partial charge in [-0.3, -0.25) is 0 Å². The molecule has 1 heterocycles. The molecule has 100 valence electrons. The van der Waals surface area contributed by atoms with Crippen molar-refractivity contribution < 1.29 is 0 Å². The molecule has 2 heteroatoms. The fourth-order valence-corrected chi connectivity index (χ4v) is 2.78. The zero-order valence-corrected chi connectivity index (χ0v) is 11.7. The third-order valence-electron chi connectivity index (χ3n) is 3.93. The first-order valence-electron chi connectivity index (χ1n) is 7.29. The summed E-state index contributed by atoms with van der Waals surface area (Å²) in [5.41, 5.74) is 1.44. The van der Waals surface area contributed by atoms with E-state index in [4.69, 9.17) is 0 Å². The van der Waals surface area contributed by atoms with Crippen molar-refractivity contribution in [1.82, 2.24) is 10.2 Å². The Kier molecular flexibility index (Phi) is 5.21. The van der Waals surface area contributed by atoms with Crippen molar-refractivity contribution in [2.75, 3.05) is 20.1 Å². The van der Waals surface area contributed by atoms with Crippen molar-refractivity contribution >= 4 is 0 Å². The number of piperidine rings is 1. The van der Waals surface area contributed by atoms with E-state index in [2.05, 4.69) is 54.5 Å². The number of rotatable bonds is 5. The standard InChI is InChI=1S/C16H26N2/c1-3-7-16(14-8-5-4-6-9-14)17-15-10-12-18(2)13-11-15/h4-6,8-9,15-17H,3,7,10-13H2,1-2H3. The molecule has 1 aliphatic heterocycles. The number of hydrogen-bond acceptors (Lipinski definition) is 2. The van der Waals surface area contributed by atoms with Crippen LogP contribution in [-0.2, 0) is 0 Å². The monoisotopic (exact) mass is 246 g/mol. The number of hydrogen-bond donors (Lipinski definition) is 1. The molecule has 0 radical (unpaired) electrons. The van der Waals surface area contributed by atoms with E-state index in [0.29, 0.717) is 12.1 Å². The van der Waals surface area contributed by atoms with Crippen molar-refractivity contribution in [1.29, 1.82) is 0 Å². The van der Waals surface area contributed by atoms with Gasteiger partial charge in [-0.1, -0.05) is 43.7 Å². The van der Waals surface area contributed by atoms with E-state index < -0.39 is 0 Å². The topological polar surface area (TPSA) is 15.3 Å². The van der Waals surface area contributed by atoms with Crippen LogP contribution in [0.15, 0.2) is 30.3 Å². The molecule has 1 aromatic carbocycles. The summed E-state index contributed by atoms with van der Waals surface area (Å²) in [6, 6.07) is 12.1. The van der Waals surface area contributed by atoms with E-state index in [0.717, 1.165) is 0 Å². The smallest absolute Gasteiger partial charge is 0.0322 e. The van der Waals surface area contributed by atoms with Gasteiger partial charge in [0.05, 0.1) is 0 Å². The Morgan fingerprint density at radius 1 is 1.22 bits per heavy atom. The summed E-state index contributed by atoms with van der Waals surface area (Å²) in [5.74, 6) is 0. The lowest BCUT2D eigenvalue weighted by Crippen LogP contribution is -2.42. The molecular weight excluding hydrogens is 220 g/mol. The molecule has 1 aromatic rings. The van der Waals surface area contributed by atoms with Crippen LogP contribution in [0.3, 0.4) is 0 Å². The van der Waals surface area contributed by atoms with Crippen LogP contribution >= 0.6 is 0 Å². The van der Waals surface area contributed by atoms with Gasteiger partial charge in [0.2, 0.25) is 0 Å². The molecule has 0 aromatic heterocycles. The Labute approximate surface area is 111 Å². The highest BCUT2D eigenvalue weighted by Gasteiger charge is 2.20. The highest BCUT2D eigenvalue weighted by Crippen LogP contribution is 2.21. The molecule has 1 saturated heterocycles. The second-order valence-electron chi connectivity index (χ2n) is 5.50. The first kappa shape index (κ1) is 13.6. The van der Waals surface area contributed by atoms with Crippen LogP contribution in [0.4, 0.5) is 0 Å². The first-order valence-corrected chi connectivity index (χ1v) is 7.29. The van der Waals surface area contributed by atoms with E-state index in [1.54, 1.807) is 0 Å². The van der Waals surface area contributed by atoms with E-state index >= 15 is 0 Å². The highest BCUT2D eigenvalue weighted by atomic mass is 15.1. The Bertz CT molecular complexity index is 328. The van der Waals surface area contributed by atoms with Gasteiger partial charge in [0.1, 0.15) is 0 Å². The van der Waals surface area contributed by atoms with E-state index in [1.807, 2.05) is 0 Å². The van der Waals surface area contributed by atoms with Gasteiger partial charge in [0.15, 0.2) is 0 Å². The average molecular weight is 246 g/mol. The third-order valence-corrected chi connectivity index (χ3v) is 3.93. The van der Waals surface area contributed by atoms with Crippen LogP contribution in [0.1, 0.15) is 44.2 Å². The summed E-state index contributed by atoms with van der Waals surface area (Å²) in [5, 5.41) is 3.87. The number of nitrogens with zero attached hydrogens (tertiary/aromatic N) is 1. The van der Waals surface area contributed by atoms with Crippen LogP contribution in [0.2, 0.25) is 0 Å². The van der Waals surface area contributed by atoms with Crippen LogP contribution in [0, 0.1) is 0 Å². The summed E-state index contributed by atoms with van der Waals surface area (Å²) >= 11 is 0. The fraction of sp³-hybridized carbons (Fsp3) is 0.625. The lowest BCUT2D eigenvalue weighted by atomic mass is 9.98. The largest absolute Gasteiger partial charge is 0.307 e. The minimum absolute atomic E-state index is 0.532. The molecule has 2 rings (SSSR count). The van der Waals surface area contributed by atoms with Gasteiger partial charge in [-0.05, 0) is 45.0 Å². The molecule has 1 atom stereocenters. The second kappa shape index (κ2) is 6.91. The molecule has 1 unspecified atom stereocenters. The summed E-state index contributed by atoms with van der Waals surface area (Å²) in [7, 11) is 2.22. The minimum Gasteiger partial charge on any atom is -0.307 e. The fourth-order valence-electron chi connectivity index (χ4n) is 2.78. The molecule has 0 amide bonds. The maximum Gasteiger partial charge on any atom is 0.0322 e. The SMILES string of the molecule is CCCC(NC1CCN(C)CC1)c1ccccc1. The van der Waals surface area contributed by atoms with E-state index in [-0.39, 0.29) is 0 Å². The third kappa shape index (κ3) is 3.82. The average Bonchev–Trinajstić information content (AvgIpc) is 2.42. The van der Waals surface area contributed by atoms with Crippen LogP contribution in [-0.4, -0.2) is 31.1 Å². The van der Waals surface area contributed by atoms with Crippen molar-refractivity contribution in [2.24, 2.45) is 0 Å². The quantitative estimate of drug-likeness (QED) is 0.858. The molecule has 1 fully saturated rings. The molecule has 0 bridgehead atoms. The summed E-state index contributed by atoms with van der Waals surface area (Å²) in [6.45, 7) is 4.73. The van der Waals surface area contributed by atoms with Gasteiger partial charge in [-0.2, -0.15) is 0 Å². The highest BCUT2D eigenvalue weighted by molar-refractivity contribution is 5.19. The molecule has 1 aliphatic rings. The van der Waals surface area contributed by atoms with Crippen molar-refractivity contribution in [3.05, 3.63) is 35.9 Å². The molecule has 2 nitrogen and oxygen atoms in total. The maximum absolute atomic E-state index is 3.87. The van der Waals surface area contributed by atoms with Gasteiger partial charge in [-0.15, -0.1) is 0 Å². The summed E-state index contributed by atoms with van der Waals surface area (Å²) in [6.07, 6.45) is 5.03. The maximum atomic E-state index is 3.87. The zero-order valence-electron chi connectivity index (χ0n) is 11.7. The van der Waals surface area contributed by atoms with Crippen molar-refractivity contribution in [3.8, 4) is 0 Å². The molecule has 0 spiro atoms. The Morgan fingerprint density at radius 2 is 1.89 bits per heavy atom. The Balaban J connectivity index is 1.94. The van der Waals surface area contributed by atoms with Gasteiger partial charge in [0.25, 0.3) is 0 Å². The van der Waals surface area contributed by atoms with Crippen LogP contribution < -0.4 is 5.32 Å². The molecule has 1 N–H and O–H groups in total. The molecule has 0 saturated carbocycles. The lowest BCUT2D eigenvalue weighted by molar-refractivity contribution is 0.222. The second-order valence-corrected chi connectivity index (χ2v) is 5.50. The summed E-state index contributed by atoms with van der Waals surface area (Å²) < 4.78 is 0. The lowest BCUT2D eigenvalue weighted by Gasteiger charge is -2.32. The zero-order chi connectivity index (χ0) is 12.8. The normalized spacial score (nSPS) is 19.9. The molecule has 0 aliphatic carbocycles. The Hall–Kier alpha value is -0.860. The first-order chi connectivity index (χ1) is 8.79. The van der Waals surface area contributed by atoms with E-state index in [1.165, 1.54) is 44.3 Å². The Morgan fingerprint density at radius 3 is 2.50 bits per heavy atom. The molecule has 18 heavy (non-hydrogen) atoms. The van der Waals surface area contributed by atoms with Crippen LogP contribution in [0.5, 0.6) is 0 Å². The predicted molar refractivity (Wildman–Crippen MR) is 77.7 cm³/mol.